The van der Waals surface area contributed by atoms with E-state index in [0.29, 0.717) is 6.42 Å². The van der Waals surface area contributed by atoms with Gasteiger partial charge < -0.3 is 15.1 Å². The van der Waals surface area contributed by atoms with Crippen molar-refractivity contribution in [3.05, 3.63) is 47.2 Å². The van der Waals surface area contributed by atoms with Gasteiger partial charge in [-0.3, -0.25) is 9.59 Å². The molecule has 1 heterocycles. The first-order chi connectivity index (χ1) is 9.57. The highest BCUT2D eigenvalue weighted by molar-refractivity contribution is 6.08. The monoisotopic (exact) mass is 275 g/mol. The Hall–Kier alpha value is -2.14. The molecule has 0 radical (unpaired) electrons. The quantitative estimate of drug-likeness (QED) is 0.850. The zero-order valence-corrected chi connectivity index (χ0v) is 11.2. The number of aliphatic hydroxyl groups is 2. The van der Waals surface area contributed by atoms with E-state index in [2.05, 4.69) is 0 Å². The predicted molar refractivity (Wildman–Crippen MR) is 72.9 cm³/mol. The first-order valence-electron chi connectivity index (χ1n) is 6.48. The standard InChI is InChI=1S/C15H17NO4/c1-10(18)12-13(11-6-3-2-4-7-11)16(8-5-9-17)15(20)14(12)19/h2-4,6-7,13,17,19H,5,8-9H2,1H3/t13-/m1/s1. The van der Waals surface area contributed by atoms with Crippen LogP contribution in [0.2, 0.25) is 0 Å². The van der Waals surface area contributed by atoms with Crippen LogP contribution in [0.5, 0.6) is 0 Å². The van der Waals surface area contributed by atoms with E-state index in [1.54, 1.807) is 0 Å². The molecule has 2 N–H and O–H groups in total. The number of aliphatic hydroxyl groups excluding tert-OH is 2. The molecule has 0 spiro atoms. The SMILES string of the molecule is CC(=O)C1=C(O)C(=O)N(CCCO)[C@@H]1c1ccccc1. The summed E-state index contributed by atoms with van der Waals surface area (Å²) in [6.07, 6.45) is 0.396. The first kappa shape index (κ1) is 14.3. The van der Waals surface area contributed by atoms with E-state index in [9.17, 15) is 14.7 Å². The highest BCUT2D eigenvalue weighted by Gasteiger charge is 2.41. The number of hydrogen-bond acceptors (Lipinski definition) is 4. The summed E-state index contributed by atoms with van der Waals surface area (Å²) in [5.41, 5.74) is 0.896. The summed E-state index contributed by atoms with van der Waals surface area (Å²) in [7, 11) is 0. The second-order valence-electron chi connectivity index (χ2n) is 4.71. The molecule has 0 aromatic heterocycles. The molecule has 0 saturated heterocycles. The second kappa shape index (κ2) is 5.88. The molecule has 0 aliphatic carbocycles. The average molecular weight is 275 g/mol. The van der Waals surface area contributed by atoms with Gasteiger partial charge in [0, 0.05) is 13.2 Å². The fraction of sp³-hybridized carbons (Fsp3) is 0.333. The molecule has 2 rings (SSSR count). The van der Waals surface area contributed by atoms with Crippen LogP contribution < -0.4 is 0 Å². The molecule has 0 unspecified atom stereocenters. The minimum absolute atomic E-state index is 0.0541. The molecule has 0 fully saturated rings. The average Bonchev–Trinajstić information content (AvgIpc) is 2.70. The van der Waals surface area contributed by atoms with Crippen molar-refractivity contribution in [1.29, 1.82) is 0 Å². The summed E-state index contributed by atoms with van der Waals surface area (Å²) in [5.74, 6) is -1.36. The van der Waals surface area contributed by atoms with E-state index in [0.717, 1.165) is 5.56 Å². The fourth-order valence-electron chi connectivity index (χ4n) is 2.47. The Morgan fingerprint density at radius 3 is 2.50 bits per heavy atom. The van der Waals surface area contributed by atoms with Crippen molar-refractivity contribution in [1.82, 2.24) is 4.90 Å². The predicted octanol–water partition coefficient (Wildman–Crippen LogP) is 1.35. The number of rotatable bonds is 5. The number of ketones is 1. The summed E-state index contributed by atoms with van der Waals surface area (Å²) in [6, 6.07) is 8.52. The molecule has 5 heteroatoms. The number of amides is 1. The lowest BCUT2D eigenvalue weighted by atomic mass is 9.97. The Kier molecular flexibility index (Phi) is 4.20. The van der Waals surface area contributed by atoms with Crippen LogP contribution in [0.25, 0.3) is 0 Å². The molecule has 0 bridgehead atoms. The number of benzene rings is 1. The normalized spacial score (nSPS) is 18.8. The molecule has 1 aromatic carbocycles. The molecule has 1 atom stereocenters. The number of carbonyl (C=O) groups is 2. The van der Waals surface area contributed by atoms with Crippen molar-refractivity contribution in [3.63, 3.8) is 0 Å². The Morgan fingerprint density at radius 1 is 1.30 bits per heavy atom. The number of carbonyl (C=O) groups excluding carboxylic acids is 2. The van der Waals surface area contributed by atoms with E-state index in [-0.39, 0.29) is 24.5 Å². The lowest BCUT2D eigenvalue weighted by molar-refractivity contribution is -0.129. The summed E-state index contributed by atoms with van der Waals surface area (Å²) in [5, 5.41) is 18.9. The van der Waals surface area contributed by atoms with E-state index in [4.69, 9.17) is 5.11 Å². The van der Waals surface area contributed by atoms with Crippen molar-refractivity contribution >= 4 is 11.7 Å². The Balaban J connectivity index is 2.45. The second-order valence-corrected chi connectivity index (χ2v) is 4.71. The summed E-state index contributed by atoms with van der Waals surface area (Å²) in [4.78, 5) is 25.3. The zero-order chi connectivity index (χ0) is 14.7. The molecule has 20 heavy (non-hydrogen) atoms. The molecule has 106 valence electrons. The van der Waals surface area contributed by atoms with Crippen LogP contribution >= 0.6 is 0 Å². The van der Waals surface area contributed by atoms with Gasteiger partial charge in [0.05, 0.1) is 11.6 Å². The topological polar surface area (TPSA) is 77.8 Å². The highest BCUT2D eigenvalue weighted by atomic mass is 16.3. The van der Waals surface area contributed by atoms with Crippen LogP contribution in [0.4, 0.5) is 0 Å². The van der Waals surface area contributed by atoms with Crippen LogP contribution in [-0.4, -0.2) is 40.0 Å². The fourth-order valence-corrected chi connectivity index (χ4v) is 2.47. The van der Waals surface area contributed by atoms with Gasteiger partial charge in [-0.2, -0.15) is 0 Å². The minimum Gasteiger partial charge on any atom is -0.503 e. The van der Waals surface area contributed by atoms with Crippen molar-refractivity contribution in [2.75, 3.05) is 13.2 Å². The van der Waals surface area contributed by atoms with Crippen LogP contribution in [0.3, 0.4) is 0 Å². The van der Waals surface area contributed by atoms with Crippen molar-refractivity contribution in [2.24, 2.45) is 0 Å². The van der Waals surface area contributed by atoms with Gasteiger partial charge in [-0.1, -0.05) is 30.3 Å². The Morgan fingerprint density at radius 2 is 1.95 bits per heavy atom. The minimum atomic E-state index is -0.576. The van der Waals surface area contributed by atoms with Gasteiger partial charge in [0.25, 0.3) is 5.91 Å². The van der Waals surface area contributed by atoms with Gasteiger partial charge in [0.2, 0.25) is 0 Å². The molecule has 1 amide bonds. The van der Waals surface area contributed by atoms with Crippen LogP contribution in [0.15, 0.2) is 41.7 Å². The Bertz CT molecular complexity index is 550. The van der Waals surface area contributed by atoms with Gasteiger partial charge >= 0.3 is 0 Å². The van der Waals surface area contributed by atoms with E-state index >= 15 is 0 Å². The molecule has 1 aromatic rings. The van der Waals surface area contributed by atoms with E-state index in [1.807, 2.05) is 30.3 Å². The molecule has 1 aliphatic rings. The van der Waals surface area contributed by atoms with E-state index in [1.165, 1.54) is 11.8 Å². The third-order valence-corrected chi connectivity index (χ3v) is 3.36. The zero-order valence-electron chi connectivity index (χ0n) is 11.2. The molecule has 1 aliphatic heterocycles. The maximum atomic E-state index is 12.1. The van der Waals surface area contributed by atoms with Crippen LogP contribution in [0, 0.1) is 0 Å². The molecular weight excluding hydrogens is 258 g/mol. The molecule has 0 saturated carbocycles. The first-order valence-corrected chi connectivity index (χ1v) is 6.48. The summed E-state index contributed by atoms with van der Waals surface area (Å²) >= 11 is 0. The Labute approximate surface area is 117 Å². The van der Waals surface area contributed by atoms with Gasteiger partial charge in [-0.05, 0) is 18.9 Å². The molecular formula is C15H17NO4. The lowest BCUT2D eigenvalue weighted by Crippen LogP contribution is -2.32. The van der Waals surface area contributed by atoms with Crippen LogP contribution in [-0.2, 0) is 9.59 Å². The largest absolute Gasteiger partial charge is 0.503 e. The lowest BCUT2D eigenvalue weighted by Gasteiger charge is -2.26. The van der Waals surface area contributed by atoms with Gasteiger partial charge in [-0.25, -0.2) is 0 Å². The van der Waals surface area contributed by atoms with Crippen molar-refractivity contribution in [2.45, 2.75) is 19.4 Å². The molecule has 5 nitrogen and oxygen atoms in total. The summed E-state index contributed by atoms with van der Waals surface area (Å²) < 4.78 is 0. The number of nitrogens with zero attached hydrogens (tertiary/aromatic N) is 1. The summed E-state index contributed by atoms with van der Waals surface area (Å²) in [6.45, 7) is 1.57. The van der Waals surface area contributed by atoms with Crippen molar-refractivity contribution < 1.29 is 19.8 Å². The van der Waals surface area contributed by atoms with Gasteiger partial charge in [-0.15, -0.1) is 0 Å². The maximum absolute atomic E-state index is 12.1. The third kappa shape index (κ3) is 2.44. The number of hydrogen-bond donors (Lipinski definition) is 2. The maximum Gasteiger partial charge on any atom is 0.290 e. The van der Waals surface area contributed by atoms with Gasteiger partial charge in [0.1, 0.15) is 0 Å². The highest BCUT2D eigenvalue weighted by Crippen LogP contribution is 2.37. The third-order valence-electron chi connectivity index (χ3n) is 3.36. The van der Waals surface area contributed by atoms with Gasteiger partial charge in [0.15, 0.2) is 11.5 Å². The smallest absolute Gasteiger partial charge is 0.290 e. The number of Topliss-reactive ketones (excluding diaryl/α,β-unsaturated/α-hetero) is 1. The van der Waals surface area contributed by atoms with Crippen LogP contribution in [0.1, 0.15) is 24.9 Å². The van der Waals surface area contributed by atoms with E-state index < -0.39 is 17.7 Å². The van der Waals surface area contributed by atoms with Crippen molar-refractivity contribution in [3.8, 4) is 0 Å².